The minimum absolute atomic E-state index is 0.279. The molecule has 0 saturated carbocycles. The first-order chi connectivity index (χ1) is 14.7. The number of halogens is 1. The third-order valence-corrected chi connectivity index (χ3v) is 4.59. The number of hydrogen-bond acceptors (Lipinski definition) is 6. The molecule has 0 spiro atoms. The van der Waals surface area contributed by atoms with Gasteiger partial charge in [-0.2, -0.15) is 0 Å². The maximum absolute atomic E-state index is 14.2. The number of pyridine rings is 1. The first kappa shape index (κ1) is 19.0. The van der Waals surface area contributed by atoms with Crippen LogP contribution in [0, 0.1) is 25.6 Å². The topological polar surface area (TPSA) is 97.2 Å². The van der Waals surface area contributed by atoms with Crippen LogP contribution in [-0.2, 0) is 6.54 Å². The molecule has 0 unspecified atom stereocenters. The fourth-order valence-electron chi connectivity index (χ4n) is 3.27. The van der Waals surface area contributed by atoms with Gasteiger partial charge in [-0.1, -0.05) is 6.07 Å². The smallest absolute Gasteiger partial charge is 0.182 e. The van der Waals surface area contributed by atoms with E-state index in [2.05, 4.69) is 43.1 Å². The number of nitrogens with one attached hydrogen (secondary N) is 2. The van der Waals surface area contributed by atoms with Crippen LogP contribution in [0.2, 0.25) is 0 Å². The Morgan fingerprint density at radius 3 is 2.77 bits per heavy atom. The van der Waals surface area contributed by atoms with Crippen molar-refractivity contribution in [2.75, 3.05) is 5.32 Å². The molecule has 30 heavy (non-hydrogen) atoms. The van der Waals surface area contributed by atoms with E-state index >= 15 is 0 Å². The quantitative estimate of drug-likeness (QED) is 0.449. The summed E-state index contributed by atoms with van der Waals surface area (Å²) in [5.41, 5.74) is 3.22. The second kappa shape index (κ2) is 7.97. The van der Waals surface area contributed by atoms with Crippen LogP contribution >= 0.6 is 0 Å². The molecule has 1 aromatic carbocycles. The molecule has 148 valence electrons. The zero-order chi connectivity index (χ0) is 21.1. The van der Waals surface area contributed by atoms with Gasteiger partial charge in [-0.25, -0.2) is 29.3 Å². The van der Waals surface area contributed by atoms with Crippen LogP contribution in [0.4, 0.5) is 10.2 Å². The maximum atomic E-state index is 14.2. The lowest BCUT2D eigenvalue weighted by Gasteiger charge is -2.11. The molecule has 0 radical (unpaired) electrons. The number of aromatic amines is 1. The lowest BCUT2D eigenvalue weighted by Crippen LogP contribution is -2.10. The lowest BCUT2D eigenvalue weighted by molar-refractivity contribution is 0.620. The molecule has 2 N–H and O–H groups in total. The van der Waals surface area contributed by atoms with Gasteiger partial charge < -0.3 is 10.3 Å². The number of fused-ring (bicyclic) bond motifs is 2. The number of terminal acetylenes is 1. The first-order valence-corrected chi connectivity index (χ1v) is 9.01. The molecule has 0 aliphatic rings. The van der Waals surface area contributed by atoms with Crippen LogP contribution in [0.15, 0.2) is 49.2 Å². The number of H-pyrrole nitrogens is 1. The van der Waals surface area contributed by atoms with Crippen LogP contribution in [0.1, 0.15) is 11.4 Å². The van der Waals surface area contributed by atoms with E-state index in [1.165, 1.54) is 12.4 Å². The van der Waals surface area contributed by atoms with E-state index in [1.54, 1.807) is 25.5 Å². The largest absolute Gasteiger partial charge is 0.361 e. The summed E-state index contributed by atoms with van der Waals surface area (Å²) in [6.45, 7) is 2.10. The summed E-state index contributed by atoms with van der Waals surface area (Å²) in [6, 6.07) is 8.71. The molecular formula is C21H17FN8. The molecule has 4 heterocycles. The van der Waals surface area contributed by atoms with E-state index in [-0.39, 0.29) is 5.82 Å². The minimum atomic E-state index is -0.279. The van der Waals surface area contributed by atoms with Gasteiger partial charge >= 0.3 is 0 Å². The fraction of sp³-hybridized carbons (Fsp3) is 0.0952. The predicted octanol–water partition coefficient (Wildman–Crippen LogP) is 3.40. The molecule has 8 nitrogen and oxygen atoms in total. The minimum Gasteiger partial charge on any atom is -0.361 e. The highest BCUT2D eigenvalue weighted by Gasteiger charge is 2.17. The van der Waals surface area contributed by atoms with Gasteiger partial charge in [0.15, 0.2) is 11.5 Å². The number of rotatable bonds is 4. The van der Waals surface area contributed by atoms with Crippen molar-refractivity contribution in [3.8, 4) is 18.7 Å². The van der Waals surface area contributed by atoms with Crippen molar-refractivity contribution < 1.29 is 4.39 Å². The summed E-state index contributed by atoms with van der Waals surface area (Å²) in [4.78, 5) is 24.7. The SMILES string of the molecule is C#C.Cc1c(F)ccc2nc(CNc3ncnc4nc[nH]c34)n(-c3ccccn3)c12. The standard InChI is InChI=1S/C19H15FN8.C2H2/c1-11-12(20)5-6-13-17(11)28(14-4-2-3-7-21-14)15(27-13)8-22-18-16-19(24-9-23-16)26-10-25-18;1-2/h2-7,9-10H,8H2,1H3,(H2,22,23,24,25,26);1-2H. The second-order valence-electron chi connectivity index (χ2n) is 6.27. The van der Waals surface area contributed by atoms with Gasteiger partial charge in [0.05, 0.1) is 23.9 Å². The number of imidazole rings is 2. The van der Waals surface area contributed by atoms with Gasteiger partial charge in [-0.05, 0) is 31.2 Å². The van der Waals surface area contributed by atoms with Gasteiger partial charge in [-0.15, -0.1) is 12.8 Å². The van der Waals surface area contributed by atoms with E-state index in [1.807, 2.05) is 22.8 Å². The normalized spacial score (nSPS) is 10.7. The van der Waals surface area contributed by atoms with E-state index in [4.69, 9.17) is 4.98 Å². The molecule has 0 aliphatic carbocycles. The third kappa shape index (κ3) is 3.20. The Hall–Kier alpha value is -4.32. The summed E-state index contributed by atoms with van der Waals surface area (Å²) in [7, 11) is 0. The Morgan fingerprint density at radius 1 is 1.10 bits per heavy atom. The number of benzene rings is 1. The van der Waals surface area contributed by atoms with Crippen LogP contribution < -0.4 is 5.32 Å². The Balaban J connectivity index is 0.00000106. The number of aromatic nitrogens is 7. The highest BCUT2D eigenvalue weighted by atomic mass is 19.1. The molecular weight excluding hydrogens is 383 g/mol. The Morgan fingerprint density at radius 2 is 1.97 bits per heavy atom. The number of hydrogen-bond donors (Lipinski definition) is 2. The van der Waals surface area contributed by atoms with Gasteiger partial charge in [0.25, 0.3) is 0 Å². The number of anilines is 1. The Labute approximate surface area is 171 Å². The molecule has 0 saturated heterocycles. The van der Waals surface area contributed by atoms with Crippen molar-refractivity contribution in [2.45, 2.75) is 13.5 Å². The van der Waals surface area contributed by atoms with Gasteiger partial charge in [0, 0.05) is 11.8 Å². The van der Waals surface area contributed by atoms with Crippen LogP contribution in [0.3, 0.4) is 0 Å². The van der Waals surface area contributed by atoms with E-state index in [0.717, 1.165) is 0 Å². The predicted molar refractivity (Wildman–Crippen MR) is 112 cm³/mol. The molecule has 9 heteroatoms. The van der Waals surface area contributed by atoms with Crippen molar-refractivity contribution in [3.05, 3.63) is 66.4 Å². The van der Waals surface area contributed by atoms with Crippen LogP contribution in [-0.4, -0.2) is 34.5 Å². The Bertz CT molecular complexity index is 1340. The molecule has 5 rings (SSSR count). The summed E-state index contributed by atoms with van der Waals surface area (Å²) >= 11 is 0. The zero-order valence-corrected chi connectivity index (χ0v) is 16.0. The highest BCUT2D eigenvalue weighted by Crippen LogP contribution is 2.26. The average Bonchev–Trinajstić information content (AvgIpc) is 3.42. The molecule has 0 amide bonds. The molecule has 4 aromatic heterocycles. The summed E-state index contributed by atoms with van der Waals surface area (Å²) in [5.74, 6) is 1.70. The summed E-state index contributed by atoms with van der Waals surface area (Å²) in [5, 5.41) is 3.27. The summed E-state index contributed by atoms with van der Waals surface area (Å²) in [6.07, 6.45) is 12.7. The van der Waals surface area contributed by atoms with Gasteiger partial charge in [0.2, 0.25) is 0 Å². The molecule has 0 atom stereocenters. The average molecular weight is 400 g/mol. The van der Waals surface area contributed by atoms with Crippen molar-refractivity contribution in [2.24, 2.45) is 0 Å². The highest BCUT2D eigenvalue weighted by molar-refractivity contribution is 5.83. The second-order valence-corrected chi connectivity index (χ2v) is 6.27. The van der Waals surface area contributed by atoms with E-state index < -0.39 is 0 Å². The van der Waals surface area contributed by atoms with Crippen LogP contribution in [0.5, 0.6) is 0 Å². The maximum Gasteiger partial charge on any atom is 0.182 e. The molecule has 0 fully saturated rings. The third-order valence-electron chi connectivity index (χ3n) is 4.59. The van der Waals surface area contributed by atoms with E-state index in [0.29, 0.717) is 51.8 Å². The van der Waals surface area contributed by atoms with Gasteiger partial charge in [0.1, 0.15) is 29.3 Å². The monoisotopic (exact) mass is 400 g/mol. The summed E-state index contributed by atoms with van der Waals surface area (Å²) < 4.78 is 16.1. The van der Waals surface area contributed by atoms with Crippen molar-refractivity contribution >= 4 is 28.0 Å². The van der Waals surface area contributed by atoms with Crippen molar-refractivity contribution in [1.29, 1.82) is 0 Å². The van der Waals surface area contributed by atoms with Crippen molar-refractivity contribution in [1.82, 2.24) is 34.5 Å². The number of nitrogens with zero attached hydrogens (tertiary/aromatic N) is 6. The fourth-order valence-corrected chi connectivity index (χ4v) is 3.27. The molecule has 0 aliphatic heterocycles. The zero-order valence-electron chi connectivity index (χ0n) is 16.0. The number of aryl methyl sites for hydroxylation is 1. The lowest BCUT2D eigenvalue weighted by atomic mass is 10.2. The van der Waals surface area contributed by atoms with E-state index in [9.17, 15) is 4.39 Å². The van der Waals surface area contributed by atoms with Crippen molar-refractivity contribution in [3.63, 3.8) is 0 Å². The Kier molecular flexibility index (Phi) is 5.05. The molecule has 5 aromatic rings. The molecule has 0 bridgehead atoms. The van der Waals surface area contributed by atoms with Crippen LogP contribution in [0.25, 0.3) is 28.0 Å². The van der Waals surface area contributed by atoms with Gasteiger partial charge in [-0.3, -0.25) is 4.57 Å². The first-order valence-electron chi connectivity index (χ1n) is 9.01.